The van der Waals surface area contributed by atoms with Gasteiger partial charge in [0.15, 0.2) is 0 Å². The lowest BCUT2D eigenvalue weighted by Gasteiger charge is -2.01. The summed E-state index contributed by atoms with van der Waals surface area (Å²) in [5.74, 6) is -0.113. The maximum Gasteiger partial charge on any atom is 0.243 e. The molecule has 0 heterocycles. The van der Waals surface area contributed by atoms with Crippen LogP contribution < -0.4 is 5.32 Å². The van der Waals surface area contributed by atoms with E-state index in [4.69, 9.17) is 0 Å². The Labute approximate surface area is 90.4 Å². The van der Waals surface area contributed by atoms with Gasteiger partial charge in [-0.05, 0) is 30.6 Å². The molecule has 78 valence electrons. The van der Waals surface area contributed by atoms with Gasteiger partial charge in [-0.2, -0.15) is 0 Å². The fourth-order valence-electron chi connectivity index (χ4n) is 1.21. The molecule has 0 aromatic carbocycles. The molecule has 1 amide bonds. The van der Waals surface area contributed by atoms with Gasteiger partial charge in [0.1, 0.15) is 0 Å². The smallest absolute Gasteiger partial charge is 0.243 e. The Balaban J connectivity index is 2.23. The molecule has 1 N–H and O–H groups in total. The molecule has 0 fully saturated rings. The highest BCUT2D eigenvalue weighted by Crippen LogP contribution is 2.06. The van der Waals surface area contributed by atoms with Gasteiger partial charge in [-0.3, -0.25) is 4.79 Å². The summed E-state index contributed by atoms with van der Waals surface area (Å²) in [4.78, 5) is 10.8. The summed E-state index contributed by atoms with van der Waals surface area (Å²) < 4.78 is 0. The maximum atomic E-state index is 10.8. The predicted molar refractivity (Wildman–Crippen MR) is 62.3 cm³/mol. The second-order valence-electron chi connectivity index (χ2n) is 3.18. The lowest BCUT2D eigenvalue weighted by molar-refractivity contribution is -0.116. The molecular weight excluding hydrogens is 186 g/mol. The van der Waals surface area contributed by atoms with Gasteiger partial charge in [0, 0.05) is 6.54 Å². The Morgan fingerprint density at radius 2 is 2.33 bits per heavy atom. The van der Waals surface area contributed by atoms with Gasteiger partial charge in [-0.15, -0.1) is 5.73 Å². The van der Waals surface area contributed by atoms with Crippen LogP contribution in [0.4, 0.5) is 0 Å². The number of carbonyl (C=O) groups excluding carboxylic acids is 1. The largest absolute Gasteiger partial charge is 0.353 e. The van der Waals surface area contributed by atoms with Crippen LogP contribution in [0.5, 0.6) is 0 Å². The molecular formula is C13H15NO. The molecule has 2 nitrogen and oxygen atoms in total. The summed E-state index contributed by atoms with van der Waals surface area (Å²) in [7, 11) is 0. The van der Waals surface area contributed by atoms with Gasteiger partial charge in [-0.1, -0.05) is 30.9 Å². The van der Waals surface area contributed by atoms with Crippen molar-refractivity contribution in [1.82, 2.24) is 5.32 Å². The highest BCUT2D eigenvalue weighted by Gasteiger charge is 1.95. The first-order chi connectivity index (χ1) is 7.33. The molecule has 0 spiro atoms. The van der Waals surface area contributed by atoms with E-state index in [-0.39, 0.29) is 5.91 Å². The molecule has 0 radical (unpaired) electrons. The number of nitrogens with one attached hydrogen (secondary N) is 1. The van der Waals surface area contributed by atoms with Gasteiger partial charge in [0.05, 0.1) is 0 Å². The molecule has 0 unspecified atom stereocenters. The van der Waals surface area contributed by atoms with E-state index < -0.39 is 0 Å². The standard InChI is InChI=1S/C13H15NO/c1-2-13(15)14-11-7-10-12-8-5-3-4-6-9-12/h2-6,8H,1,7,10-11H2,(H,14,15). The zero-order chi connectivity index (χ0) is 10.9. The summed E-state index contributed by atoms with van der Waals surface area (Å²) in [6.45, 7) is 4.07. The van der Waals surface area contributed by atoms with Crippen LogP contribution >= 0.6 is 0 Å². The normalized spacial score (nSPS) is 13.2. The fraction of sp³-hybridized carbons (Fsp3) is 0.231. The predicted octanol–water partition coefficient (Wildman–Crippen LogP) is 2.28. The van der Waals surface area contributed by atoms with Crippen LogP contribution in [0, 0.1) is 0 Å². The summed E-state index contributed by atoms with van der Waals surface area (Å²) in [5.41, 5.74) is 4.33. The Bertz CT molecular complexity index is 355. The first-order valence-corrected chi connectivity index (χ1v) is 5.02. The lowest BCUT2D eigenvalue weighted by atomic mass is 10.1. The van der Waals surface area contributed by atoms with Crippen LogP contribution in [-0.2, 0) is 4.79 Å². The van der Waals surface area contributed by atoms with Crippen LogP contribution in [-0.4, -0.2) is 12.5 Å². The van der Waals surface area contributed by atoms with Gasteiger partial charge in [-0.25, -0.2) is 0 Å². The maximum absolute atomic E-state index is 10.8. The third kappa shape index (κ3) is 4.84. The topological polar surface area (TPSA) is 29.1 Å². The van der Waals surface area contributed by atoms with E-state index in [0.717, 1.165) is 18.4 Å². The van der Waals surface area contributed by atoms with Crippen molar-refractivity contribution in [3.05, 3.63) is 54.3 Å². The van der Waals surface area contributed by atoms with Crippen molar-refractivity contribution in [3.8, 4) is 0 Å². The molecule has 0 saturated heterocycles. The van der Waals surface area contributed by atoms with Crippen LogP contribution in [0.2, 0.25) is 0 Å². The van der Waals surface area contributed by atoms with Crippen molar-refractivity contribution >= 4 is 5.91 Å². The van der Waals surface area contributed by atoms with E-state index >= 15 is 0 Å². The summed E-state index contributed by atoms with van der Waals surface area (Å²) >= 11 is 0. The zero-order valence-electron chi connectivity index (χ0n) is 8.70. The molecule has 2 heteroatoms. The first-order valence-electron chi connectivity index (χ1n) is 5.02. The van der Waals surface area contributed by atoms with Crippen molar-refractivity contribution in [1.29, 1.82) is 0 Å². The van der Waals surface area contributed by atoms with Crippen molar-refractivity contribution in [2.24, 2.45) is 0 Å². The summed E-state index contributed by atoms with van der Waals surface area (Å²) in [6.07, 6.45) is 13.0. The van der Waals surface area contributed by atoms with Crippen molar-refractivity contribution in [3.63, 3.8) is 0 Å². The van der Waals surface area contributed by atoms with Crippen molar-refractivity contribution in [2.75, 3.05) is 6.54 Å². The quantitative estimate of drug-likeness (QED) is 0.412. The Kier molecular flexibility index (Phi) is 4.99. The molecule has 0 aromatic heterocycles. The van der Waals surface area contributed by atoms with Crippen LogP contribution in [0.15, 0.2) is 54.3 Å². The summed E-state index contributed by atoms with van der Waals surface area (Å²) in [6, 6.07) is 0. The van der Waals surface area contributed by atoms with Crippen molar-refractivity contribution in [2.45, 2.75) is 12.8 Å². The molecule has 1 aliphatic rings. The minimum atomic E-state index is -0.113. The molecule has 1 aliphatic carbocycles. The van der Waals surface area contributed by atoms with Gasteiger partial charge < -0.3 is 5.32 Å². The first kappa shape index (κ1) is 11.3. The fourth-order valence-corrected chi connectivity index (χ4v) is 1.21. The number of carbonyl (C=O) groups is 1. The Morgan fingerprint density at radius 1 is 1.47 bits per heavy atom. The summed E-state index contributed by atoms with van der Waals surface area (Å²) in [5, 5.41) is 2.74. The second kappa shape index (κ2) is 6.63. The Morgan fingerprint density at radius 3 is 3.13 bits per heavy atom. The van der Waals surface area contributed by atoms with E-state index in [1.807, 2.05) is 30.4 Å². The Hall–Kier alpha value is -1.79. The molecule has 0 aliphatic heterocycles. The SMILES string of the molecule is C=CC(=O)NCCCC1=C=CC=CC=C1. The molecule has 1 rings (SSSR count). The highest BCUT2D eigenvalue weighted by atomic mass is 16.1. The molecule has 0 aromatic rings. The third-order valence-electron chi connectivity index (χ3n) is 1.99. The number of hydrogen-bond donors (Lipinski definition) is 1. The van der Waals surface area contributed by atoms with Gasteiger partial charge in [0.2, 0.25) is 5.91 Å². The zero-order valence-corrected chi connectivity index (χ0v) is 8.70. The number of rotatable bonds is 5. The third-order valence-corrected chi connectivity index (χ3v) is 1.99. The van der Waals surface area contributed by atoms with Gasteiger partial charge in [0.25, 0.3) is 0 Å². The van der Waals surface area contributed by atoms with E-state index in [1.54, 1.807) is 0 Å². The van der Waals surface area contributed by atoms with E-state index in [0.29, 0.717) is 6.54 Å². The lowest BCUT2D eigenvalue weighted by Crippen LogP contribution is -2.21. The van der Waals surface area contributed by atoms with E-state index in [1.165, 1.54) is 6.08 Å². The van der Waals surface area contributed by atoms with Crippen LogP contribution in [0.1, 0.15) is 12.8 Å². The highest BCUT2D eigenvalue weighted by molar-refractivity contribution is 5.86. The minimum absolute atomic E-state index is 0.113. The van der Waals surface area contributed by atoms with Gasteiger partial charge >= 0.3 is 0 Å². The van der Waals surface area contributed by atoms with Crippen molar-refractivity contribution < 1.29 is 4.79 Å². The number of amides is 1. The second-order valence-corrected chi connectivity index (χ2v) is 3.18. The molecule has 0 saturated carbocycles. The van der Waals surface area contributed by atoms with E-state index in [9.17, 15) is 4.79 Å². The average Bonchev–Trinajstić information content (AvgIpc) is 2.52. The number of hydrogen-bond acceptors (Lipinski definition) is 1. The minimum Gasteiger partial charge on any atom is -0.353 e. The molecule has 15 heavy (non-hydrogen) atoms. The van der Waals surface area contributed by atoms with Crippen LogP contribution in [0.3, 0.4) is 0 Å². The van der Waals surface area contributed by atoms with E-state index in [2.05, 4.69) is 17.6 Å². The van der Waals surface area contributed by atoms with Crippen LogP contribution in [0.25, 0.3) is 0 Å². The monoisotopic (exact) mass is 201 g/mol. The number of allylic oxidation sites excluding steroid dienone is 5. The average molecular weight is 201 g/mol. The molecule has 0 bridgehead atoms. The molecule has 0 atom stereocenters.